The van der Waals surface area contributed by atoms with Crippen LogP contribution < -0.4 is 4.19 Å². The van der Waals surface area contributed by atoms with Crippen molar-refractivity contribution in [3.05, 3.63) is 0 Å². The van der Waals surface area contributed by atoms with E-state index < -0.39 is 13.0 Å². The Bertz CT molecular complexity index is 133. The van der Waals surface area contributed by atoms with E-state index in [9.17, 15) is 0 Å². The molecule has 0 aliphatic carbocycles. The van der Waals surface area contributed by atoms with Gasteiger partial charge in [-0.3, -0.25) is 0 Å². The molecule has 0 heterocycles. The van der Waals surface area contributed by atoms with Gasteiger partial charge in [-0.15, -0.1) is 0 Å². The van der Waals surface area contributed by atoms with Crippen LogP contribution in [0.25, 0.3) is 0 Å². The molecule has 0 aliphatic heterocycles. The summed E-state index contributed by atoms with van der Waals surface area (Å²) >= 11 is -5.62. The van der Waals surface area contributed by atoms with E-state index in [-0.39, 0.29) is 23.8 Å². The van der Waals surface area contributed by atoms with E-state index in [1.165, 1.54) is 0 Å². The van der Waals surface area contributed by atoms with Crippen LogP contribution in [0.4, 0.5) is 0 Å². The first-order valence-electron chi connectivity index (χ1n) is 0.617. The molecule has 0 atom stereocenters. The molecule has 0 aliphatic rings. The molecule has 0 aromatic rings. The van der Waals surface area contributed by atoms with E-state index in [1.807, 2.05) is 0 Å². The fourth-order valence-electron chi connectivity index (χ4n) is 0. The van der Waals surface area contributed by atoms with Crippen molar-refractivity contribution in [2.45, 2.75) is 0 Å². The first kappa shape index (κ1) is 9.80. The van der Waals surface area contributed by atoms with Crippen LogP contribution in [0.3, 0.4) is 0 Å². The van der Waals surface area contributed by atoms with Gasteiger partial charge >= 0.3 is 52.5 Å². The molecule has 0 bridgehead atoms. The maximum atomic E-state index is 8.58. The zero-order valence-electron chi connectivity index (χ0n) is 3.31. The van der Waals surface area contributed by atoms with Gasteiger partial charge in [0.25, 0.3) is 0 Å². The minimum absolute atomic E-state index is 0. The maximum absolute atomic E-state index is 8.58. The van der Waals surface area contributed by atoms with Crippen molar-refractivity contribution in [2.24, 2.45) is 0 Å². The molecule has 0 unspecified atom stereocenters. The van der Waals surface area contributed by atoms with Crippen molar-refractivity contribution in [1.82, 2.24) is 0 Å². The molecule has 6 heavy (non-hydrogen) atoms. The van der Waals surface area contributed by atoms with Crippen molar-refractivity contribution in [1.29, 1.82) is 0 Å². The third-order valence-electron chi connectivity index (χ3n) is 0. The average molecular weight is 228 g/mol. The van der Waals surface area contributed by atoms with E-state index in [4.69, 9.17) is 15.7 Å². The van der Waals surface area contributed by atoms with E-state index in [1.54, 1.807) is 0 Å². The molecule has 42 valence electrons. The summed E-state index contributed by atoms with van der Waals surface area (Å²) in [6.45, 7) is 0. The van der Waals surface area contributed by atoms with Gasteiger partial charge in [0.1, 0.15) is 0 Å². The normalized spacial score (nSPS) is 9.50. The van der Waals surface area contributed by atoms with Crippen molar-refractivity contribution in [3.8, 4) is 0 Å². The van der Waals surface area contributed by atoms with Crippen LogP contribution >= 0.6 is 0 Å². The average Bonchev–Trinajstić information content (AvgIpc) is 0.722. The zero-order chi connectivity index (χ0) is 4.50. The molecule has 0 saturated carbocycles. The second kappa shape index (κ2) is 2.74. The van der Waals surface area contributed by atoms with Crippen LogP contribution in [0.2, 0.25) is 0 Å². The molecule has 4 nitrogen and oxygen atoms in total. The van der Waals surface area contributed by atoms with Crippen LogP contribution in [0.1, 0.15) is 1.43 Å². The zero-order valence-corrected chi connectivity index (χ0v) is 4.98. The van der Waals surface area contributed by atoms with Gasteiger partial charge < -0.3 is 0 Å². The third-order valence-corrected chi connectivity index (χ3v) is 0. The predicted octanol–water partition coefficient (Wildman–Crippen LogP) is -1.44. The van der Waals surface area contributed by atoms with Gasteiger partial charge in [0, 0.05) is 0 Å². The number of hydrogen-bond donors (Lipinski definition) is 0. The molecule has 0 rings (SSSR count). The first-order valence-corrected chi connectivity index (χ1v) is 2.54. The van der Waals surface area contributed by atoms with Crippen LogP contribution in [0.15, 0.2) is 0 Å². The number of hydrogen-bond acceptors (Lipinski definition) is 4. The summed E-state index contributed by atoms with van der Waals surface area (Å²) in [7, 11) is 0. The molecule has 0 amide bonds. The van der Waals surface area contributed by atoms with Gasteiger partial charge in [0.05, 0.1) is 0 Å². The molecule has 6 heteroatoms. The summed E-state index contributed by atoms with van der Waals surface area (Å²) in [6, 6.07) is 0. The van der Waals surface area contributed by atoms with E-state index in [0.717, 1.165) is 0 Å². The van der Waals surface area contributed by atoms with Crippen molar-refractivity contribution >= 4 is 0 Å². The molecule has 0 aromatic carbocycles. The van der Waals surface area contributed by atoms with E-state index >= 15 is 0 Å². The number of rotatable bonds is 0. The second-order valence-corrected chi connectivity index (χ2v) is 1.56. The summed E-state index contributed by atoms with van der Waals surface area (Å²) in [5, 5.41) is 0. The summed E-state index contributed by atoms with van der Waals surface area (Å²) < 4.78 is 34.3. The Balaban J connectivity index is -0.0000000800. The summed E-state index contributed by atoms with van der Waals surface area (Å²) in [5.41, 5.74) is 0. The quantitative estimate of drug-likeness (QED) is 0.476. The van der Waals surface area contributed by atoms with Crippen molar-refractivity contribution in [2.75, 3.05) is 0 Å². The van der Waals surface area contributed by atoms with Crippen LogP contribution in [-0.2, 0) is 46.9 Å². The van der Waals surface area contributed by atoms with Crippen LogP contribution in [0.5, 0.6) is 0 Å². The predicted molar refractivity (Wildman–Crippen MR) is 3.17 cm³/mol. The van der Waals surface area contributed by atoms with Gasteiger partial charge in [0.15, 0.2) is 0 Å². The molecular formula is HAgMnO4+. The van der Waals surface area contributed by atoms with E-state index in [2.05, 4.69) is 0 Å². The fraction of sp³-hybridized carbons (Fsp3) is 0. The Morgan fingerprint density at radius 3 is 1.33 bits per heavy atom. The van der Waals surface area contributed by atoms with Crippen molar-refractivity contribution < 1.29 is 52.5 Å². The van der Waals surface area contributed by atoms with E-state index in [0.29, 0.717) is 0 Å². The molecule has 0 aromatic heterocycles. The fourth-order valence-corrected chi connectivity index (χ4v) is 0. The SMILES string of the molecule is [Ag+].[H+].[O]=[Mn](=[O])(=[O])[O-]. The Labute approximate surface area is 52.7 Å². The molecule has 0 saturated heterocycles. The third kappa shape index (κ3) is 158. The van der Waals surface area contributed by atoms with Gasteiger partial charge in [-0.25, -0.2) is 0 Å². The standard InChI is InChI=1S/Ag.Mn.4O/q+1;;;;;-1/p+1. The van der Waals surface area contributed by atoms with Gasteiger partial charge in [-0.1, -0.05) is 0 Å². The minimum atomic E-state index is -5.62. The Morgan fingerprint density at radius 2 is 1.33 bits per heavy atom. The van der Waals surface area contributed by atoms with Gasteiger partial charge in [-0.2, -0.15) is 0 Å². The van der Waals surface area contributed by atoms with Gasteiger partial charge in [0.2, 0.25) is 0 Å². The summed E-state index contributed by atoms with van der Waals surface area (Å²) in [5.74, 6) is 0. The molecule has 0 spiro atoms. The molecule has 0 N–H and O–H groups in total. The molecular weight excluding hydrogens is 227 g/mol. The molecule has 0 radical (unpaired) electrons. The Hall–Kier alpha value is 0.620. The summed E-state index contributed by atoms with van der Waals surface area (Å²) in [4.78, 5) is 0. The Kier molecular flexibility index (Phi) is 4.47. The Morgan fingerprint density at radius 1 is 1.33 bits per heavy atom. The van der Waals surface area contributed by atoms with Crippen LogP contribution in [-0.4, -0.2) is 0 Å². The topological polar surface area (TPSA) is 74.3 Å². The second-order valence-electron chi connectivity index (χ2n) is 0.378. The molecule has 0 fully saturated rings. The van der Waals surface area contributed by atoms with Crippen LogP contribution in [0, 0.1) is 0 Å². The monoisotopic (exact) mass is 227 g/mol. The van der Waals surface area contributed by atoms with Gasteiger partial charge in [-0.05, 0) is 0 Å². The van der Waals surface area contributed by atoms with Crippen molar-refractivity contribution in [3.63, 3.8) is 0 Å². The first-order chi connectivity index (χ1) is 2.00. The summed E-state index contributed by atoms with van der Waals surface area (Å²) in [6.07, 6.45) is 0.